The average molecular weight is 271 g/mol. The smallest absolute Gasteiger partial charge is 0.434 e. The van der Waals surface area contributed by atoms with Crippen LogP contribution in [-0.4, -0.2) is 31.1 Å². The molecule has 2 atom stereocenters. The molecule has 0 amide bonds. The second-order valence-electron chi connectivity index (χ2n) is 4.04. The van der Waals surface area contributed by atoms with Crippen molar-refractivity contribution in [2.45, 2.75) is 26.7 Å². The first-order valence-electron chi connectivity index (χ1n) is 5.51. The van der Waals surface area contributed by atoms with E-state index in [2.05, 4.69) is 0 Å². The van der Waals surface area contributed by atoms with Crippen molar-refractivity contribution >= 4 is 29.4 Å². The summed E-state index contributed by atoms with van der Waals surface area (Å²) in [5.41, 5.74) is 0. The van der Waals surface area contributed by atoms with E-state index in [1.54, 1.807) is 0 Å². The molecule has 0 aromatic carbocycles. The quantitative estimate of drug-likeness (QED) is 0.499. The minimum absolute atomic E-state index is 0.353. The molecule has 5 heteroatoms. The summed E-state index contributed by atoms with van der Waals surface area (Å²) < 4.78 is 9.75. The molecule has 0 saturated carbocycles. The number of ether oxygens (including phenoxy) is 2. The van der Waals surface area contributed by atoms with Gasteiger partial charge in [0.25, 0.3) is 0 Å². The molecule has 0 N–H and O–H groups in total. The maximum absolute atomic E-state index is 11.1. The van der Waals surface area contributed by atoms with Gasteiger partial charge >= 0.3 is 6.16 Å². The molecule has 2 unspecified atom stereocenters. The third-order valence-corrected chi connectivity index (χ3v) is 3.24. The molecule has 0 radical (unpaired) electrons. The molecule has 0 aliphatic heterocycles. The zero-order valence-corrected chi connectivity index (χ0v) is 11.4. The van der Waals surface area contributed by atoms with Gasteiger partial charge in [0.2, 0.25) is 0 Å². The molecular weight excluding hydrogens is 251 g/mol. The zero-order valence-electron chi connectivity index (χ0n) is 9.88. The van der Waals surface area contributed by atoms with Gasteiger partial charge < -0.3 is 9.47 Å². The normalized spacial score (nSPS) is 14.2. The fourth-order valence-electron chi connectivity index (χ4n) is 0.883. The van der Waals surface area contributed by atoms with E-state index in [-0.39, 0.29) is 0 Å². The van der Waals surface area contributed by atoms with Crippen molar-refractivity contribution in [3.8, 4) is 0 Å². The SMILES string of the molecule is CC(CCl)CCOC(=O)OCCC(C)CCl. The summed E-state index contributed by atoms with van der Waals surface area (Å²) in [4.78, 5) is 11.1. The summed E-state index contributed by atoms with van der Waals surface area (Å²) in [6, 6.07) is 0. The van der Waals surface area contributed by atoms with Crippen LogP contribution in [0.2, 0.25) is 0 Å². The number of rotatable bonds is 8. The highest BCUT2D eigenvalue weighted by atomic mass is 35.5. The first-order chi connectivity index (χ1) is 7.60. The second kappa shape index (κ2) is 10.0. The summed E-state index contributed by atoms with van der Waals surface area (Å²) in [5.74, 6) is 1.86. The van der Waals surface area contributed by atoms with Crippen molar-refractivity contribution < 1.29 is 14.3 Å². The summed E-state index contributed by atoms with van der Waals surface area (Å²) >= 11 is 11.2. The number of halogens is 2. The van der Waals surface area contributed by atoms with Crippen LogP contribution < -0.4 is 0 Å². The monoisotopic (exact) mass is 270 g/mol. The molecule has 0 bridgehead atoms. The van der Waals surface area contributed by atoms with Crippen molar-refractivity contribution in [3.05, 3.63) is 0 Å². The molecule has 3 nitrogen and oxygen atoms in total. The van der Waals surface area contributed by atoms with E-state index in [9.17, 15) is 4.79 Å². The lowest BCUT2D eigenvalue weighted by atomic mass is 10.1. The van der Waals surface area contributed by atoms with E-state index in [0.717, 1.165) is 12.8 Å². The predicted octanol–water partition coefficient (Wildman–Crippen LogP) is 3.67. The van der Waals surface area contributed by atoms with Gasteiger partial charge in [0.1, 0.15) is 0 Å². The molecule has 0 rings (SSSR count). The molecule has 0 heterocycles. The van der Waals surface area contributed by atoms with E-state index in [1.165, 1.54) is 0 Å². The first kappa shape index (κ1) is 15.9. The van der Waals surface area contributed by atoms with Crippen molar-refractivity contribution in [2.75, 3.05) is 25.0 Å². The van der Waals surface area contributed by atoms with Crippen LogP contribution in [0.5, 0.6) is 0 Å². The van der Waals surface area contributed by atoms with Crippen LogP contribution in [0.4, 0.5) is 4.79 Å². The third kappa shape index (κ3) is 9.10. The molecule has 0 aromatic rings. The fourth-order valence-corrected chi connectivity index (χ4v) is 1.19. The van der Waals surface area contributed by atoms with Crippen LogP contribution in [0.3, 0.4) is 0 Å². The largest absolute Gasteiger partial charge is 0.508 e. The Bertz CT molecular complexity index is 170. The van der Waals surface area contributed by atoms with E-state index in [4.69, 9.17) is 32.7 Å². The molecule has 0 saturated heterocycles. The van der Waals surface area contributed by atoms with Crippen LogP contribution in [-0.2, 0) is 9.47 Å². The summed E-state index contributed by atoms with van der Waals surface area (Å²) in [5, 5.41) is 0. The predicted molar refractivity (Wildman–Crippen MR) is 66.3 cm³/mol. The minimum atomic E-state index is -0.608. The Morgan fingerprint density at radius 3 is 1.69 bits per heavy atom. The second-order valence-corrected chi connectivity index (χ2v) is 4.66. The summed E-state index contributed by atoms with van der Waals surface area (Å²) in [6.07, 6.45) is 0.913. The van der Waals surface area contributed by atoms with Crippen LogP contribution in [0.25, 0.3) is 0 Å². The minimum Gasteiger partial charge on any atom is -0.434 e. The lowest BCUT2D eigenvalue weighted by Crippen LogP contribution is -2.13. The number of carbonyl (C=O) groups is 1. The third-order valence-electron chi connectivity index (χ3n) is 2.19. The Balaban J connectivity index is 3.38. The van der Waals surface area contributed by atoms with Crippen molar-refractivity contribution in [2.24, 2.45) is 11.8 Å². The molecule has 16 heavy (non-hydrogen) atoms. The van der Waals surface area contributed by atoms with Gasteiger partial charge in [-0.15, -0.1) is 23.2 Å². The number of alkyl halides is 2. The molecular formula is C11H20Cl2O3. The van der Waals surface area contributed by atoms with Gasteiger partial charge in [-0.25, -0.2) is 4.79 Å². The highest BCUT2D eigenvalue weighted by Gasteiger charge is 2.07. The van der Waals surface area contributed by atoms with Crippen molar-refractivity contribution in [1.29, 1.82) is 0 Å². The highest BCUT2D eigenvalue weighted by molar-refractivity contribution is 6.18. The standard InChI is InChI=1S/C11H20Cl2O3/c1-9(7-12)3-5-15-11(14)16-6-4-10(2)8-13/h9-10H,3-8H2,1-2H3. The van der Waals surface area contributed by atoms with E-state index >= 15 is 0 Å². The molecule has 0 aliphatic rings. The Kier molecular flexibility index (Phi) is 9.94. The Morgan fingerprint density at radius 2 is 1.38 bits per heavy atom. The maximum atomic E-state index is 11.1. The van der Waals surface area contributed by atoms with Gasteiger partial charge in [-0.1, -0.05) is 13.8 Å². The fraction of sp³-hybridized carbons (Fsp3) is 0.909. The average Bonchev–Trinajstić information content (AvgIpc) is 2.28. The summed E-state index contributed by atoms with van der Waals surface area (Å²) in [6.45, 7) is 4.73. The number of hydrogen-bond acceptors (Lipinski definition) is 3. The lowest BCUT2D eigenvalue weighted by molar-refractivity contribution is 0.0498. The summed E-state index contributed by atoms with van der Waals surface area (Å²) in [7, 11) is 0. The van der Waals surface area contributed by atoms with Crippen molar-refractivity contribution in [3.63, 3.8) is 0 Å². The molecule has 0 aromatic heterocycles. The first-order valence-corrected chi connectivity index (χ1v) is 6.58. The van der Waals surface area contributed by atoms with Gasteiger partial charge in [0, 0.05) is 11.8 Å². The Morgan fingerprint density at radius 1 is 1.00 bits per heavy atom. The topological polar surface area (TPSA) is 35.5 Å². The lowest BCUT2D eigenvalue weighted by Gasteiger charge is -2.10. The molecule has 0 spiro atoms. The molecule has 0 fully saturated rings. The van der Waals surface area contributed by atoms with E-state index in [1.807, 2.05) is 13.8 Å². The van der Waals surface area contributed by atoms with Crippen molar-refractivity contribution in [1.82, 2.24) is 0 Å². The van der Waals surface area contributed by atoms with E-state index < -0.39 is 6.16 Å². The van der Waals surface area contributed by atoms with Crippen LogP contribution >= 0.6 is 23.2 Å². The van der Waals surface area contributed by atoms with Gasteiger partial charge in [-0.05, 0) is 24.7 Å². The van der Waals surface area contributed by atoms with Crippen LogP contribution in [0, 0.1) is 11.8 Å². The number of hydrogen-bond donors (Lipinski definition) is 0. The van der Waals surface area contributed by atoms with Gasteiger partial charge in [-0.2, -0.15) is 0 Å². The highest BCUT2D eigenvalue weighted by Crippen LogP contribution is 2.06. The van der Waals surface area contributed by atoms with E-state index in [0.29, 0.717) is 36.8 Å². The van der Waals surface area contributed by atoms with Gasteiger partial charge in [0.15, 0.2) is 0 Å². The van der Waals surface area contributed by atoms with Crippen LogP contribution in [0.1, 0.15) is 26.7 Å². The Labute approximate surface area is 107 Å². The van der Waals surface area contributed by atoms with Gasteiger partial charge in [-0.3, -0.25) is 0 Å². The Hall–Kier alpha value is -0.150. The van der Waals surface area contributed by atoms with Crippen LogP contribution in [0.15, 0.2) is 0 Å². The molecule has 96 valence electrons. The molecule has 0 aliphatic carbocycles. The number of carbonyl (C=O) groups excluding carboxylic acids is 1. The maximum Gasteiger partial charge on any atom is 0.508 e. The van der Waals surface area contributed by atoms with Gasteiger partial charge in [0.05, 0.1) is 13.2 Å². The zero-order chi connectivity index (χ0) is 12.4.